The molecule has 0 bridgehead atoms. The number of carbonyl (C=O) groups is 1. The molecule has 0 atom stereocenters. The van der Waals surface area contributed by atoms with Crippen molar-refractivity contribution in [2.75, 3.05) is 36.5 Å². The van der Waals surface area contributed by atoms with Crippen molar-refractivity contribution >= 4 is 28.4 Å². The fraction of sp³-hybridized carbons (Fsp3) is 0.208. The van der Waals surface area contributed by atoms with E-state index in [2.05, 4.69) is 10.2 Å². The van der Waals surface area contributed by atoms with E-state index in [0.29, 0.717) is 22.5 Å². The Bertz CT molecular complexity index is 1210. The van der Waals surface area contributed by atoms with Gasteiger partial charge in [0.15, 0.2) is 5.58 Å². The molecule has 7 heteroatoms. The molecule has 4 aromatic rings. The summed E-state index contributed by atoms with van der Waals surface area (Å²) in [7, 11) is 0. The van der Waals surface area contributed by atoms with E-state index in [0.717, 1.165) is 37.5 Å². The van der Waals surface area contributed by atoms with Gasteiger partial charge in [0.2, 0.25) is 0 Å². The van der Waals surface area contributed by atoms with Crippen LogP contribution in [0.2, 0.25) is 0 Å². The lowest BCUT2D eigenvalue weighted by molar-refractivity contribution is 0.101. The first-order valence-corrected chi connectivity index (χ1v) is 10.2. The zero-order valence-electron chi connectivity index (χ0n) is 16.9. The number of hydrogen-bond acceptors (Lipinski definition) is 4. The van der Waals surface area contributed by atoms with Crippen molar-refractivity contribution in [3.8, 4) is 0 Å². The minimum atomic E-state index is -0.307. The van der Waals surface area contributed by atoms with Gasteiger partial charge >= 0.3 is 0 Å². The molecule has 2 aromatic carbocycles. The Hall–Kier alpha value is -3.58. The van der Waals surface area contributed by atoms with Crippen LogP contribution in [0.3, 0.4) is 0 Å². The number of furan rings is 1. The third kappa shape index (κ3) is 3.92. The van der Waals surface area contributed by atoms with Crippen molar-refractivity contribution in [1.82, 2.24) is 4.57 Å². The van der Waals surface area contributed by atoms with E-state index in [1.54, 1.807) is 41.2 Å². The van der Waals surface area contributed by atoms with Crippen LogP contribution < -0.4 is 10.2 Å². The maximum Gasteiger partial charge on any atom is 0.272 e. The molecule has 2 aromatic heterocycles. The van der Waals surface area contributed by atoms with Crippen LogP contribution in [-0.4, -0.2) is 36.8 Å². The molecule has 0 radical (unpaired) electrons. The number of nitrogens with zero attached hydrogens (tertiary/aromatic N) is 2. The van der Waals surface area contributed by atoms with E-state index in [1.165, 1.54) is 6.07 Å². The normalized spacial score (nSPS) is 14.2. The Balaban J connectivity index is 1.38. The number of aromatic nitrogens is 1. The quantitative estimate of drug-likeness (QED) is 0.517. The molecule has 1 aliphatic rings. The minimum Gasteiger partial charge on any atom is -0.463 e. The molecule has 1 aliphatic heterocycles. The third-order valence-electron chi connectivity index (χ3n) is 5.54. The highest BCUT2D eigenvalue weighted by Gasteiger charge is 2.19. The van der Waals surface area contributed by atoms with Gasteiger partial charge in [-0.2, -0.15) is 0 Å². The van der Waals surface area contributed by atoms with Crippen LogP contribution in [0.5, 0.6) is 0 Å². The maximum atomic E-state index is 14.2. The van der Waals surface area contributed by atoms with Crippen LogP contribution in [0.15, 0.2) is 71.3 Å². The fourth-order valence-electron chi connectivity index (χ4n) is 3.90. The number of carbonyl (C=O) groups excluding carboxylic acids is 1. The number of nitrogens with one attached hydrogen (secondary N) is 1. The summed E-state index contributed by atoms with van der Waals surface area (Å²) in [5.41, 5.74) is 4.04. The highest BCUT2D eigenvalue weighted by Crippen LogP contribution is 2.25. The summed E-state index contributed by atoms with van der Waals surface area (Å²) >= 11 is 0. The molecule has 1 fully saturated rings. The number of hydrogen-bond donors (Lipinski definition) is 1. The van der Waals surface area contributed by atoms with E-state index < -0.39 is 0 Å². The Kier molecular flexibility index (Phi) is 5.18. The zero-order valence-corrected chi connectivity index (χ0v) is 16.9. The van der Waals surface area contributed by atoms with Gasteiger partial charge in [0.25, 0.3) is 5.91 Å². The number of halogens is 1. The molecule has 0 unspecified atom stereocenters. The monoisotopic (exact) mass is 419 g/mol. The summed E-state index contributed by atoms with van der Waals surface area (Å²) in [5, 5.41) is 2.94. The number of ether oxygens (including phenoxy) is 1. The van der Waals surface area contributed by atoms with Crippen LogP contribution >= 0.6 is 0 Å². The van der Waals surface area contributed by atoms with Crippen LogP contribution in [0.1, 0.15) is 16.1 Å². The van der Waals surface area contributed by atoms with Crippen molar-refractivity contribution < 1.29 is 18.3 Å². The van der Waals surface area contributed by atoms with E-state index in [4.69, 9.17) is 9.15 Å². The Morgan fingerprint density at radius 2 is 1.81 bits per heavy atom. The molecule has 158 valence electrons. The molecule has 0 saturated carbocycles. The van der Waals surface area contributed by atoms with Gasteiger partial charge in [-0.15, -0.1) is 0 Å². The van der Waals surface area contributed by atoms with Gasteiger partial charge in [-0.05, 0) is 30.3 Å². The predicted octanol–water partition coefficient (Wildman–Crippen LogP) is 4.51. The average Bonchev–Trinajstić information content (AvgIpc) is 3.39. The van der Waals surface area contributed by atoms with Gasteiger partial charge in [-0.3, -0.25) is 4.79 Å². The van der Waals surface area contributed by atoms with E-state index in [1.807, 2.05) is 24.3 Å². The second-order valence-corrected chi connectivity index (χ2v) is 7.48. The number of morpholine rings is 1. The lowest BCUT2D eigenvalue weighted by atomic mass is 10.2. The Labute approximate surface area is 178 Å². The largest absolute Gasteiger partial charge is 0.463 e. The van der Waals surface area contributed by atoms with Crippen molar-refractivity contribution in [3.05, 3.63) is 84.0 Å². The molecule has 1 N–H and O–H groups in total. The summed E-state index contributed by atoms with van der Waals surface area (Å²) < 4.78 is 26.9. The molecule has 3 heterocycles. The van der Waals surface area contributed by atoms with Crippen molar-refractivity contribution in [2.45, 2.75) is 6.54 Å². The van der Waals surface area contributed by atoms with Gasteiger partial charge in [-0.25, -0.2) is 4.39 Å². The number of anilines is 2. The first-order chi connectivity index (χ1) is 15.2. The molecule has 1 saturated heterocycles. The lowest BCUT2D eigenvalue weighted by Crippen LogP contribution is -2.36. The molecule has 31 heavy (non-hydrogen) atoms. The first-order valence-electron chi connectivity index (χ1n) is 10.2. The van der Waals surface area contributed by atoms with Crippen molar-refractivity contribution in [3.63, 3.8) is 0 Å². The van der Waals surface area contributed by atoms with Gasteiger partial charge in [-0.1, -0.05) is 18.2 Å². The van der Waals surface area contributed by atoms with Crippen LogP contribution in [-0.2, 0) is 11.3 Å². The Morgan fingerprint density at radius 1 is 1.03 bits per heavy atom. The molecule has 0 aliphatic carbocycles. The summed E-state index contributed by atoms with van der Waals surface area (Å²) in [5.74, 6) is -0.584. The lowest BCUT2D eigenvalue weighted by Gasteiger charge is -2.28. The SMILES string of the molecule is O=C(Nc1ccc(N2CCOCC2)cc1)c1cc2occc2n1Cc1ccccc1F. The van der Waals surface area contributed by atoms with Gasteiger partial charge in [0.05, 0.1) is 31.5 Å². The van der Waals surface area contributed by atoms with Gasteiger partial charge in [0.1, 0.15) is 11.5 Å². The average molecular weight is 419 g/mol. The highest BCUT2D eigenvalue weighted by atomic mass is 19.1. The van der Waals surface area contributed by atoms with Crippen LogP contribution in [0, 0.1) is 5.82 Å². The zero-order chi connectivity index (χ0) is 21.2. The predicted molar refractivity (Wildman–Crippen MR) is 117 cm³/mol. The summed E-state index contributed by atoms with van der Waals surface area (Å²) in [6.07, 6.45) is 1.56. The number of benzene rings is 2. The second-order valence-electron chi connectivity index (χ2n) is 7.48. The smallest absolute Gasteiger partial charge is 0.272 e. The molecule has 1 amide bonds. The number of rotatable bonds is 5. The minimum absolute atomic E-state index is 0.231. The second kappa shape index (κ2) is 8.28. The highest BCUT2D eigenvalue weighted by molar-refractivity contribution is 6.06. The van der Waals surface area contributed by atoms with Gasteiger partial charge < -0.3 is 23.9 Å². The summed E-state index contributed by atoms with van der Waals surface area (Å²) in [4.78, 5) is 15.3. The van der Waals surface area contributed by atoms with E-state index in [9.17, 15) is 9.18 Å². The summed E-state index contributed by atoms with van der Waals surface area (Å²) in [6.45, 7) is 3.38. The molecular formula is C24H22FN3O3. The standard InChI is InChI=1S/C24H22FN3O3/c25-20-4-2-1-3-17(20)16-28-21-9-12-31-23(21)15-22(28)24(29)26-18-5-7-19(8-6-18)27-10-13-30-14-11-27/h1-9,12,15H,10-11,13-14,16H2,(H,26,29). The van der Waals surface area contributed by atoms with Crippen molar-refractivity contribution in [1.29, 1.82) is 0 Å². The maximum absolute atomic E-state index is 14.2. The van der Waals surface area contributed by atoms with Crippen molar-refractivity contribution in [2.24, 2.45) is 0 Å². The fourth-order valence-corrected chi connectivity index (χ4v) is 3.90. The third-order valence-corrected chi connectivity index (χ3v) is 5.54. The van der Waals surface area contributed by atoms with E-state index in [-0.39, 0.29) is 18.3 Å². The number of fused-ring (bicyclic) bond motifs is 1. The van der Waals surface area contributed by atoms with E-state index >= 15 is 0 Å². The van der Waals surface area contributed by atoms with Crippen LogP contribution in [0.4, 0.5) is 15.8 Å². The van der Waals surface area contributed by atoms with Crippen LogP contribution in [0.25, 0.3) is 11.1 Å². The number of amides is 1. The van der Waals surface area contributed by atoms with Gasteiger partial charge in [0, 0.05) is 42.2 Å². The molecule has 5 rings (SSSR count). The molecule has 6 nitrogen and oxygen atoms in total. The summed E-state index contributed by atoms with van der Waals surface area (Å²) in [6, 6.07) is 17.8. The first kappa shape index (κ1) is 19.4. The molecule has 0 spiro atoms. The topological polar surface area (TPSA) is 59.6 Å². The molecular weight excluding hydrogens is 397 g/mol. The Morgan fingerprint density at radius 3 is 2.58 bits per heavy atom.